The summed E-state index contributed by atoms with van der Waals surface area (Å²) in [7, 11) is 0. The molecule has 1 aromatic carbocycles. The van der Waals surface area contributed by atoms with Crippen LogP contribution in [-0.4, -0.2) is 22.1 Å². The number of nitrogens with one attached hydrogen (secondary N) is 1. The van der Waals surface area contributed by atoms with E-state index in [1.165, 1.54) is 11.8 Å². The number of rotatable bonds is 4. The van der Waals surface area contributed by atoms with Crippen molar-refractivity contribution < 1.29 is 9.21 Å². The van der Waals surface area contributed by atoms with Crippen LogP contribution in [0, 0.1) is 6.92 Å². The Balaban J connectivity index is 1.98. The van der Waals surface area contributed by atoms with E-state index in [0.717, 1.165) is 0 Å². The number of amides is 1. The van der Waals surface area contributed by atoms with E-state index in [1.807, 2.05) is 6.26 Å². The van der Waals surface area contributed by atoms with Gasteiger partial charge in [0.25, 0.3) is 5.91 Å². The molecule has 2 heterocycles. The third-order valence-corrected chi connectivity index (χ3v) is 4.35. The van der Waals surface area contributed by atoms with Crippen molar-refractivity contribution in [3.8, 4) is 11.6 Å². The number of hydrogen-bond donors (Lipinski definition) is 1. The Kier molecular flexibility index (Phi) is 4.87. The predicted molar refractivity (Wildman–Crippen MR) is 95.7 cm³/mol. The fourth-order valence-electron chi connectivity index (χ4n) is 2.22. The third kappa shape index (κ3) is 3.29. The summed E-state index contributed by atoms with van der Waals surface area (Å²) in [4.78, 5) is 21.5. The van der Waals surface area contributed by atoms with Crippen LogP contribution in [0.1, 0.15) is 16.1 Å². The Morgan fingerprint density at radius 1 is 1.21 bits per heavy atom. The van der Waals surface area contributed by atoms with Gasteiger partial charge in [-0.25, -0.2) is 9.97 Å². The second-order valence-corrected chi connectivity index (χ2v) is 6.13. The maximum atomic E-state index is 12.7. The van der Waals surface area contributed by atoms with Gasteiger partial charge in [-0.3, -0.25) is 4.79 Å². The van der Waals surface area contributed by atoms with E-state index < -0.39 is 0 Å². The zero-order chi connectivity index (χ0) is 17.1. The first-order valence-electron chi connectivity index (χ1n) is 7.12. The lowest BCUT2D eigenvalue weighted by atomic mass is 10.2. The molecule has 1 amide bonds. The standard InChI is InChI=1S/C17H14ClN3O2S/c1-10-14(16(22)20-12-7-4-3-6-11(12)18)17(24-2)21-15(19-10)13-8-5-9-23-13/h3-9H,1-2H3,(H,20,22). The molecule has 1 N–H and O–H groups in total. The quantitative estimate of drug-likeness (QED) is 0.541. The van der Waals surface area contributed by atoms with Crippen molar-refractivity contribution in [2.75, 3.05) is 11.6 Å². The first kappa shape index (κ1) is 16.5. The van der Waals surface area contributed by atoms with Crippen LogP contribution in [0.3, 0.4) is 0 Å². The van der Waals surface area contributed by atoms with Gasteiger partial charge in [-0.1, -0.05) is 23.7 Å². The minimum absolute atomic E-state index is 0.295. The summed E-state index contributed by atoms with van der Waals surface area (Å²) in [6.45, 7) is 1.77. The Morgan fingerprint density at radius 3 is 2.67 bits per heavy atom. The summed E-state index contributed by atoms with van der Waals surface area (Å²) in [5, 5.41) is 3.86. The van der Waals surface area contributed by atoms with E-state index >= 15 is 0 Å². The summed E-state index contributed by atoms with van der Waals surface area (Å²) < 4.78 is 5.33. The van der Waals surface area contributed by atoms with E-state index in [4.69, 9.17) is 16.0 Å². The Hall–Kier alpha value is -2.31. The van der Waals surface area contributed by atoms with Gasteiger partial charge in [0, 0.05) is 0 Å². The lowest BCUT2D eigenvalue weighted by Crippen LogP contribution is -2.17. The molecule has 2 aromatic heterocycles. The average Bonchev–Trinajstić information content (AvgIpc) is 3.10. The Labute approximate surface area is 148 Å². The molecule has 0 bridgehead atoms. The maximum absolute atomic E-state index is 12.7. The second-order valence-electron chi connectivity index (χ2n) is 4.93. The molecule has 5 nitrogen and oxygen atoms in total. The normalized spacial score (nSPS) is 10.6. The number of carbonyl (C=O) groups is 1. The molecule has 3 aromatic rings. The van der Waals surface area contributed by atoms with Crippen molar-refractivity contribution in [2.45, 2.75) is 11.9 Å². The number of benzene rings is 1. The molecule has 0 aliphatic heterocycles. The maximum Gasteiger partial charge on any atom is 0.260 e. The van der Waals surface area contributed by atoms with Crippen LogP contribution >= 0.6 is 23.4 Å². The summed E-state index contributed by atoms with van der Waals surface area (Å²) in [5.74, 6) is 0.721. The molecule has 0 aliphatic carbocycles. The number of furan rings is 1. The van der Waals surface area contributed by atoms with Gasteiger partial charge in [0.15, 0.2) is 11.6 Å². The zero-order valence-corrected chi connectivity index (χ0v) is 14.6. The van der Waals surface area contributed by atoms with Gasteiger partial charge in [0.1, 0.15) is 5.03 Å². The number of anilines is 1. The molecule has 0 atom stereocenters. The number of para-hydroxylation sites is 1. The van der Waals surface area contributed by atoms with Gasteiger partial charge in [-0.15, -0.1) is 11.8 Å². The summed E-state index contributed by atoms with van der Waals surface area (Å²) in [6, 6.07) is 10.6. The molecule has 3 rings (SSSR count). The average molecular weight is 360 g/mol. The molecule has 122 valence electrons. The van der Waals surface area contributed by atoms with Crippen LogP contribution in [0.4, 0.5) is 5.69 Å². The number of aromatic nitrogens is 2. The topological polar surface area (TPSA) is 68.0 Å². The Morgan fingerprint density at radius 2 is 2.00 bits per heavy atom. The second kappa shape index (κ2) is 7.07. The molecule has 0 aliphatic rings. The van der Waals surface area contributed by atoms with Crippen molar-refractivity contribution in [1.29, 1.82) is 0 Å². The van der Waals surface area contributed by atoms with Gasteiger partial charge in [0.2, 0.25) is 0 Å². The van der Waals surface area contributed by atoms with Crippen molar-refractivity contribution in [2.24, 2.45) is 0 Å². The van der Waals surface area contributed by atoms with Crippen LogP contribution in [0.25, 0.3) is 11.6 Å². The predicted octanol–water partition coefficient (Wildman–Crippen LogP) is 4.67. The molecular weight excluding hydrogens is 346 g/mol. The Bertz CT molecular complexity index is 882. The van der Waals surface area contributed by atoms with Crippen molar-refractivity contribution in [3.05, 3.63) is 58.9 Å². The van der Waals surface area contributed by atoms with Crippen LogP contribution < -0.4 is 5.32 Å². The monoisotopic (exact) mass is 359 g/mol. The fourth-order valence-corrected chi connectivity index (χ4v) is 3.02. The van der Waals surface area contributed by atoms with E-state index in [9.17, 15) is 4.79 Å². The fraction of sp³-hybridized carbons (Fsp3) is 0.118. The summed E-state index contributed by atoms with van der Waals surface area (Å²) in [6.07, 6.45) is 3.42. The molecule has 0 spiro atoms. The number of thioether (sulfide) groups is 1. The van der Waals surface area contributed by atoms with Crippen LogP contribution in [-0.2, 0) is 0 Å². The number of hydrogen-bond acceptors (Lipinski definition) is 5. The van der Waals surface area contributed by atoms with Gasteiger partial charge >= 0.3 is 0 Å². The van der Waals surface area contributed by atoms with Crippen molar-refractivity contribution in [1.82, 2.24) is 9.97 Å². The largest absolute Gasteiger partial charge is 0.461 e. The van der Waals surface area contributed by atoms with E-state index in [0.29, 0.717) is 38.6 Å². The molecule has 0 radical (unpaired) electrons. The number of nitrogens with zero attached hydrogens (tertiary/aromatic N) is 2. The zero-order valence-electron chi connectivity index (χ0n) is 13.0. The van der Waals surface area contributed by atoms with Crippen LogP contribution in [0.2, 0.25) is 5.02 Å². The van der Waals surface area contributed by atoms with Crippen LogP contribution in [0.15, 0.2) is 52.1 Å². The first-order valence-corrected chi connectivity index (χ1v) is 8.73. The SMILES string of the molecule is CSc1nc(-c2ccco2)nc(C)c1C(=O)Nc1ccccc1Cl. The van der Waals surface area contributed by atoms with Crippen molar-refractivity contribution in [3.63, 3.8) is 0 Å². The smallest absolute Gasteiger partial charge is 0.260 e. The minimum atomic E-state index is -0.295. The van der Waals surface area contributed by atoms with Crippen LogP contribution in [0.5, 0.6) is 0 Å². The van der Waals surface area contributed by atoms with E-state index in [2.05, 4.69) is 15.3 Å². The highest BCUT2D eigenvalue weighted by Gasteiger charge is 2.20. The molecule has 0 saturated heterocycles. The van der Waals surface area contributed by atoms with Crippen molar-refractivity contribution >= 4 is 35.0 Å². The van der Waals surface area contributed by atoms with Gasteiger partial charge < -0.3 is 9.73 Å². The highest BCUT2D eigenvalue weighted by atomic mass is 35.5. The number of halogens is 1. The lowest BCUT2D eigenvalue weighted by Gasteiger charge is -2.12. The third-order valence-electron chi connectivity index (χ3n) is 3.34. The van der Waals surface area contributed by atoms with Gasteiger partial charge in [0.05, 0.1) is 28.2 Å². The first-order chi connectivity index (χ1) is 11.6. The lowest BCUT2D eigenvalue weighted by molar-refractivity contribution is 0.102. The number of carbonyl (C=O) groups excluding carboxylic acids is 1. The van der Waals surface area contributed by atoms with E-state index in [1.54, 1.807) is 49.6 Å². The van der Waals surface area contributed by atoms with Gasteiger partial charge in [-0.05, 0) is 37.4 Å². The molecule has 0 unspecified atom stereocenters. The highest BCUT2D eigenvalue weighted by molar-refractivity contribution is 7.98. The molecule has 24 heavy (non-hydrogen) atoms. The highest BCUT2D eigenvalue weighted by Crippen LogP contribution is 2.27. The molecule has 7 heteroatoms. The molecular formula is C17H14ClN3O2S. The van der Waals surface area contributed by atoms with E-state index in [-0.39, 0.29) is 5.91 Å². The summed E-state index contributed by atoms with van der Waals surface area (Å²) >= 11 is 7.48. The minimum Gasteiger partial charge on any atom is -0.461 e. The van der Waals surface area contributed by atoms with Gasteiger partial charge in [-0.2, -0.15) is 0 Å². The summed E-state index contributed by atoms with van der Waals surface area (Å²) in [5.41, 5.74) is 1.55. The molecule has 0 saturated carbocycles. The molecule has 0 fully saturated rings. The number of aryl methyl sites for hydroxylation is 1.